The maximum Gasteiger partial charge on any atom is 0.257 e. The Morgan fingerprint density at radius 1 is 1.26 bits per heavy atom. The fourth-order valence-electron chi connectivity index (χ4n) is 2.08. The Bertz CT molecular complexity index is 823. The first-order valence-corrected chi connectivity index (χ1v) is 7.37. The number of hydrogen-bond acceptors (Lipinski definition) is 5. The monoisotopic (exact) mass is 331 g/mol. The minimum absolute atomic E-state index is 0.249. The average Bonchev–Trinajstić information content (AvgIpc) is 3.17. The van der Waals surface area contributed by atoms with Gasteiger partial charge in [-0.2, -0.15) is 4.98 Å². The average molecular weight is 332 g/mol. The Morgan fingerprint density at radius 3 is 2.65 bits per heavy atom. The van der Waals surface area contributed by atoms with Gasteiger partial charge in [-0.3, -0.25) is 4.79 Å². The molecule has 118 valence electrons. The summed E-state index contributed by atoms with van der Waals surface area (Å²) in [4.78, 5) is 16.5. The van der Waals surface area contributed by atoms with Crippen molar-refractivity contribution in [3.8, 4) is 11.5 Å². The molecule has 0 radical (unpaired) electrons. The second-order valence-corrected chi connectivity index (χ2v) is 5.49. The first-order valence-electron chi connectivity index (χ1n) is 6.99. The van der Waals surface area contributed by atoms with Gasteiger partial charge in [0.15, 0.2) is 5.82 Å². The number of nitrogens with zero attached hydrogens (tertiary/aromatic N) is 2. The number of carbonyl (C=O) groups excluding carboxylic acids is 1. The molecule has 0 aliphatic heterocycles. The molecule has 3 aromatic rings. The van der Waals surface area contributed by atoms with Crippen LogP contribution in [0.3, 0.4) is 0 Å². The van der Waals surface area contributed by atoms with E-state index in [1.807, 2.05) is 0 Å². The molecule has 0 aliphatic rings. The molecule has 0 saturated heterocycles. The highest BCUT2D eigenvalue weighted by atomic mass is 35.5. The van der Waals surface area contributed by atoms with Crippen LogP contribution < -0.4 is 5.32 Å². The highest BCUT2D eigenvalue weighted by molar-refractivity contribution is 6.30. The predicted octanol–water partition coefficient (Wildman–Crippen LogP) is 3.78. The molecule has 1 N–H and O–H groups in total. The normalized spacial score (nSPS) is 12.1. The zero-order valence-electron chi connectivity index (χ0n) is 12.5. The van der Waals surface area contributed by atoms with E-state index < -0.39 is 6.04 Å². The van der Waals surface area contributed by atoms with Crippen molar-refractivity contribution in [1.82, 2.24) is 15.5 Å². The smallest absolute Gasteiger partial charge is 0.257 e. The van der Waals surface area contributed by atoms with E-state index in [-0.39, 0.29) is 5.91 Å². The van der Waals surface area contributed by atoms with Gasteiger partial charge in [-0.1, -0.05) is 16.8 Å². The minimum Gasteiger partial charge on any atom is -0.469 e. The lowest BCUT2D eigenvalue weighted by Crippen LogP contribution is -2.27. The van der Waals surface area contributed by atoms with Crippen LogP contribution in [0.2, 0.25) is 5.02 Å². The molecule has 2 heterocycles. The maximum absolute atomic E-state index is 12.2. The molecule has 0 unspecified atom stereocenters. The number of halogens is 1. The van der Waals surface area contributed by atoms with Crippen LogP contribution >= 0.6 is 11.6 Å². The van der Waals surface area contributed by atoms with Crippen molar-refractivity contribution in [1.29, 1.82) is 0 Å². The first-order chi connectivity index (χ1) is 11.0. The summed E-state index contributed by atoms with van der Waals surface area (Å²) < 4.78 is 10.4. The van der Waals surface area contributed by atoms with Gasteiger partial charge in [-0.05, 0) is 44.2 Å². The van der Waals surface area contributed by atoms with Crippen molar-refractivity contribution < 1.29 is 13.7 Å². The number of aromatic nitrogens is 2. The van der Waals surface area contributed by atoms with Gasteiger partial charge in [-0.15, -0.1) is 0 Å². The van der Waals surface area contributed by atoms with Crippen molar-refractivity contribution in [2.24, 2.45) is 0 Å². The van der Waals surface area contributed by atoms with E-state index in [9.17, 15) is 4.79 Å². The van der Waals surface area contributed by atoms with Crippen LogP contribution in [-0.2, 0) is 0 Å². The van der Waals surface area contributed by atoms with Crippen molar-refractivity contribution in [3.05, 3.63) is 58.8 Å². The lowest BCUT2D eigenvalue weighted by Gasteiger charge is -2.09. The third-order valence-corrected chi connectivity index (χ3v) is 3.62. The van der Waals surface area contributed by atoms with E-state index in [0.717, 1.165) is 5.56 Å². The van der Waals surface area contributed by atoms with Crippen LogP contribution in [0.5, 0.6) is 0 Å². The standard InChI is InChI=1S/C16H14ClN3O3/c1-9(18-15(21)13-7-8-22-10(13)2)14-19-16(23-20-14)11-3-5-12(17)6-4-11/h3-9H,1-2H3,(H,18,21)/t9-/m1/s1. The lowest BCUT2D eigenvalue weighted by atomic mass is 10.2. The van der Waals surface area contributed by atoms with Crippen LogP contribution in [0.15, 0.2) is 45.5 Å². The Balaban J connectivity index is 1.73. The summed E-state index contributed by atoms with van der Waals surface area (Å²) >= 11 is 5.85. The van der Waals surface area contributed by atoms with Gasteiger partial charge < -0.3 is 14.3 Å². The van der Waals surface area contributed by atoms with Crippen molar-refractivity contribution in [2.45, 2.75) is 19.9 Å². The number of nitrogens with one attached hydrogen (secondary N) is 1. The number of furan rings is 1. The van der Waals surface area contributed by atoms with E-state index in [1.165, 1.54) is 6.26 Å². The van der Waals surface area contributed by atoms with E-state index >= 15 is 0 Å². The van der Waals surface area contributed by atoms with E-state index in [0.29, 0.717) is 28.1 Å². The Kier molecular flexibility index (Phi) is 4.16. The number of carbonyl (C=O) groups is 1. The topological polar surface area (TPSA) is 81.2 Å². The molecular weight excluding hydrogens is 318 g/mol. The number of hydrogen-bond donors (Lipinski definition) is 1. The summed E-state index contributed by atoms with van der Waals surface area (Å²) in [6.07, 6.45) is 1.47. The van der Waals surface area contributed by atoms with Crippen molar-refractivity contribution >= 4 is 17.5 Å². The lowest BCUT2D eigenvalue weighted by molar-refractivity contribution is 0.0936. The Morgan fingerprint density at radius 2 is 2.00 bits per heavy atom. The molecule has 3 rings (SSSR count). The molecule has 0 saturated carbocycles. The SMILES string of the molecule is Cc1occc1C(=O)N[C@H](C)c1noc(-c2ccc(Cl)cc2)n1. The van der Waals surface area contributed by atoms with E-state index in [1.54, 1.807) is 44.2 Å². The van der Waals surface area contributed by atoms with Crippen LogP contribution in [-0.4, -0.2) is 16.0 Å². The fourth-order valence-corrected chi connectivity index (χ4v) is 2.21. The van der Waals surface area contributed by atoms with Crippen LogP contribution in [0.4, 0.5) is 0 Å². The molecule has 6 nitrogen and oxygen atoms in total. The van der Waals surface area contributed by atoms with Gasteiger partial charge in [0.1, 0.15) is 5.76 Å². The Labute approximate surface area is 137 Å². The second kappa shape index (κ2) is 6.26. The molecule has 0 bridgehead atoms. The summed E-state index contributed by atoms with van der Waals surface area (Å²) in [5.74, 6) is 1.08. The molecule has 0 aliphatic carbocycles. The van der Waals surface area contributed by atoms with Gasteiger partial charge in [0.05, 0.1) is 17.9 Å². The van der Waals surface area contributed by atoms with Crippen molar-refractivity contribution in [2.75, 3.05) is 0 Å². The number of amides is 1. The zero-order chi connectivity index (χ0) is 16.4. The third-order valence-electron chi connectivity index (χ3n) is 3.37. The predicted molar refractivity (Wildman–Crippen MR) is 84.1 cm³/mol. The van der Waals surface area contributed by atoms with Gasteiger partial charge >= 0.3 is 0 Å². The summed E-state index contributed by atoms with van der Waals surface area (Å²) in [7, 11) is 0. The second-order valence-electron chi connectivity index (χ2n) is 5.05. The molecule has 1 atom stereocenters. The molecule has 0 spiro atoms. The minimum atomic E-state index is -0.401. The van der Waals surface area contributed by atoms with E-state index in [4.69, 9.17) is 20.5 Å². The first kappa shape index (κ1) is 15.3. The summed E-state index contributed by atoms with van der Waals surface area (Å²) in [5, 5.41) is 7.35. The number of aryl methyl sites for hydroxylation is 1. The molecule has 0 fully saturated rings. The van der Waals surface area contributed by atoms with Gasteiger partial charge in [0, 0.05) is 10.6 Å². The molecular formula is C16H14ClN3O3. The van der Waals surface area contributed by atoms with Gasteiger partial charge in [0.25, 0.3) is 11.8 Å². The molecule has 1 aromatic carbocycles. The summed E-state index contributed by atoms with van der Waals surface area (Å²) in [6, 6.07) is 8.28. The van der Waals surface area contributed by atoms with Crippen LogP contribution in [0, 0.1) is 6.92 Å². The van der Waals surface area contributed by atoms with Crippen LogP contribution in [0.25, 0.3) is 11.5 Å². The molecule has 2 aromatic heterocycles. The summed E-state index contributed by atoms with van der Waals surface area (Å²) in [6.45, 7) is 3.51. The zero-order valence-corrected chi connectivity index (χ0v) is 13.3. The molecule has 1 amide bonds. The van der Waals surface area contributed by atoms with Crippen molar-refractivity contribution in [3.63, 3.8) is 0 Å². The maximum atomic E-state index is 12.2. The van der Waals surface area contributed by atoms with Gasteiger partial charge in [-0.25, -0.2) is 0 Å². The summed E-state index contributed by atoms with van der Waals surface area (Å²) in [5.41, 5.74) is 1.25. The van der Waals surface area contributed by atoms with Gasteiger partial charge in [0.2, 0.25) is 0 Å². The highest BCUT2D eigenvalue weighted by Crippen LogP contribution is 2.21. The highest BCUT2D eigenvalue weighted by Gasteiger charge is 2.19. The quantitative estimate of drug-likeness (QED) is 0.786. The van der Waals surface area contributed by atoms with Crippen LogP contribution in [0.1, 0.15) is 34.9 Å². The third kappa shape index (κ3) is 3.27. The number of benzene rings is 1. The molecule has 7 heteroatoms. The number of rotatable bonds is 4. The largest absolute Gasteiger partial charge is 0.469 e. The Hall–Kier alpha value is -2.60. The molecule has 23 heavy (non-hydrogen) atoms. The van der Waals surface area contributed by atoms with E-state index in [2.05, 4.69) is 15.5 Å². The fraction of sp³-hybridized carbons (Fsp3) is 0.188.